The molecule has 0 saturated carbocycles. The fourth-order valence-electron chi connectivity index (χ4n) is 1.88. The minimum atomic E-state index is 0.0215. The number of guanidine groups is 1. The molecule has 1 aliphatic heterocycles. The summed E-state index contributed by atoms with van der Waals surface area (Å²) in [6.07, 6.45) is 1.81. The van der Waals surface area contributed by atoms with E-state index in [0.29, 0.717) is 0 Å². The minimum Gasteiger partial charge on any atom is -0.344 e. The summed E-state index contributed by atoms with van der Waals surface area (Å²) < 4.78 is 0. The van der Waals surface area contributed by atoms with Crippen LogP contribution in [0.1, 0.15) is 28.3 Å². The van der Waals surface area contributed by atoms with Crippen molar-refractivity contribution in [2.24, 2.45) is 4.99 Å². The molecule has 3 nitrogen and oxygen atoms in total. The average Bonchev–Trinajstić information content (AvgIpc) is 2.61. The first-order valence-corrected chi connectivity index (χ1v) is 6.81. The van der Waals surface area contributed by atoms with Crippen molar-refractivity contribution in [1.82, 2.24) is 10.6 Å². The summed E-state index contributed by atoms with van der Waals surface area (Å²) in [4.78, 5) is 6.92. The van der Waals surface area contributed by atoms with Gasteiger partial charge < -0.3 is 10.6 Å². The average molecular weight is 270 g/mol. The van der Waals surface area contributed by atoms with Gasteiger partial charge in [-0.1, -0.05) is 11.6 Å². The zero-order valence-corrected chi connectivity index (χ0v) is 11.7. The molecule has 1 aromatic heterocycles. The van der Waals surface area contributed by atoms with Crippen molar-refractivity contribution in [3.05, 3.63) is 32.6 Å². The van der Waals surface area contributed by atoms with E-state index in [1.807, 2.05) is 13.1 Å². The van der Waals surface area contributed by atoms with E-state index in [2.05, 4.69) is 35.5 Å². The Balaban J connectivity index is 2.31. The molecule has 0 saturated heterocycles. The van der Waals surface area contributed by atoms with E-state index < -0.39 is 0 Å². The molecule has 1 atom stereocenters. The van der Waals surface area contributed by atoms with E-state index in [4.69, 9.17) is 11.6 Å². The van der Waals surface area contributed by atoms with Crippen LogP contribution in [0.25, 0.3) is 0 Å². The maximum Gasteiger partial charge on any atom is 0.196 e. The Bertz CT molecular complexity index is 476. The molecule has 2 heterocycles. The third kappa shape index (κ3) is 2.64. The highest BCUT2D eigenvalue weighted by Gasteiger charge is 2.23. The van der Waals surface area contributed by atoms with Gasteiger partial charge in [0.25, 0.3) is 0 Å². The van der Waals surface area contributed by atoms with E-state index >= 15 is 0 Å². The van der Waals surface area contributed by atoms with Crippen LogP contribution < -0.4 is 10.6 Å². The molecule has 0 fully saturated rings. The van der Waals surface area contributed by atoms with Crippen LogP contribution in [0.4, 0.5) is 0 Å². The number of hydrogen-bond acceptors (Lipinski definition) is 2. The molecule has 0 amide bonds. The lowest BCUT2D eigenvalue weighted by molar-refractivity contribution is 0.725. The third-order valence-corrected chi connectivity index (χ3v) is 3.92. The highest BCUT2D eigenvalue weighted by Crippen LogP contribution is 2.32. The predicted octanol–water partition coefficient (Wildman–Crippen LogP) is 3.05. The topological polar surface area (TPSA) is 36.4 Å². The molecule has 0 radical (unpaired) electrons. The van der Waals surface area contributed by atoms with Gasteiger partial charge in [-0.15, -0.1) is 11.3 Å². The van der Waals surface area contributed by atoms with Gasteiger partial charge in [0.15, 0.2) is 5.96 Å². The SMILES string of the molecule is CCN=C1NC=C(Cl)C(c2cc(C)sc2C)N1. The molecule has 1 aromatic rings. The molecule has 17 heavy (non-hydrogen) atoms. The second-order valence-electron chi connectivity index (χ2n) is 3.94. The third-order valence-electron chi connectivity index (χ3n) is 2.61. The Morgan fingerprint density at radius 3 is 2.82 bits per heavy atom. The van der Waals surface area contributed by atoms with Gasteiger partial charge in [0.1, 0.15) is 0 Å². The van der Waals surface area contributed by atoms with E-state index in [1.54, 1.807) is 11.3 Å². The molecule has 1 aliphatic rings. The second-order valence-corrected chi connectivity index (χ2v) is 5.84. The number of hydrogen-bond donors (Lipinski definition) is 2. The van der Waals surface area contributed by atoms with Crippen LogP contribution in [0.2, 0.25) is 0 Å². The largest absolute Gasteiger partial charge is 0.344 e. The van der Waals surface area contributed by atoms with E-state index in [9.17, 15) is 0 Å². The Hall–Kier alpha value is -1.00. The number of nitrogens with zero attached hydrogens (tertiary/aromatic N) is 1. The smallest absolute Gasteiger partial charge is 0.196 e. The lowest BCUT2D eigenvalue weighted by Crippen LogP contribution is -2.41. The number of rotatable bonds is 2. The van der Waals surface area contributed by atoms with E-state index in [1.165, 1.54) is 15.3 Å². The number of thiophene rings is 1. The summed E-state index contributed by atoms with van der Waals surface area (Å²) in [5, 5.41) is 7.13. The maximum absolute atomic E-state index is 6.25. The Morgan fingerprint density at radius 2 is 2.24 bits per heavy atom. The normalized spacial score (nSPS) is 22.0. The van der Waals surface area contributed by atoms with Crippen LogP contribution >= 0.6 is 22.9 Å². The Labute approximate surface area is 111 Å². The van der Waals surface area contributed by atoms with Crippen molar-refractivity contribution in [2.45, 2.75) is 26.8 Å². The molecule has 92 valence electrons. The monoisotopic (exact) mass is 269 g/mol. The molecular formula is C12H16ClN3S. The highest BCUT2D eigenvalue weighted by molar-refractivity contribution is 7.12. The van der Waals surface area contributed by atoms with Gasteiger partial charge >= 0.3 is 0 Å². The number of halogens is 1. The number of aliphatic imine (C=N–C) groups is 1. The van der Waals surface area contributed by atoms with Crippen molar-refractivity contribution < 1.29 is 0 Å². The van der Waals surface area contributed by atoms with Gasteiger partial charge in [-0.05, 0) is 32.4 Å². The molecule has 0 aromatic carbocycles. The molecule has 0 aliphatic carbocycles. The van der Waals surface area contributed by atoms with Crippen molar-refractivity contribution in [3.8, 4) is 0 Å². The van der Waals surface area contributed by atoms with Gasteiger partial charge in [0.2, 0.25) is 0 Å². The standard InChI is InChI=1S/C12H16ClN3S/c1-4-14-12-15-6-10(13)11(16-12)9-5-7(2)17-8(9)3/h5-6,11H,4H2,1-3H3,(H2,14,15,16). The van der Waals surface area contributed by atoms with Crippen molar-refractivity contribution >= 4 is 28.9 Å². The minimum absolute atomic E-state index is 0.0215. The summed E-state index contributed by atoms with van der Waals surface area (Å²) in [7, 11) is 0. The molecule has 0 bridgehead atoms. The molecule has 1 unspecified atom stereocenters. The van der Waals surface area contributed by atoms with Gasteiger partial charge in [-0.25, -0.2) is 0 Å². The Morgan fingerprint density at radius 1 is 1.47 bits per heavy atom. The quantitative estimate of drug-likeness (QED) is 0.866. The van der Waals surface area contributed by atoms with Crippen LogP contribution in [0.15, 0.2) is 22.3 Å². The highest BCUT2D eigenvalue weighted by atomic mass is 35.5. The second kappa shape index (κ2) is 5.10. The first-order chi connectivity index (χ1) is 8.11. The van der Waals surface area contributed by atoms with E-state index in [0.717, 1.165) is 17.5 Å². The summed E-state index contributed by atoms with van der Waals surface area (Å²) in [6, 6.07) is 2.20. The van der Waals surface area contributed by atoms with Crippen LogP contribution in [0, 0.1) is 13.8 Å². The Kier molecular flexibility index (Phi) is 3.74. The fourth-order valence-corrected chi connectivity index (χ4v) is 3.07. The summed E-state index contributed by atoms with van der Waals surface area (Å²) in [5.41, 5.74) is 1.24. The van der Waals surface area contributed by atoms with Gasteiger partial charge in [0, 0.05) is 22.5 Å². The fraction of sp³-hybridized carbons (Fsp3) is 0.417. The van der Waals surface area contributed by atoms with Gasteiger partial charge in [-0.2, -0.15) is 0 Å². The van der Waals surface area contributed by atoms with Gasteiger partial charge in [-0.3, -0.25) is 4.99 Å². The maximum atomic E-state index is 6.25. The predicted molar refractivity (Wildman–Crippen MR) is 74.7 cm³/mol. The first kappa shape index (κ1) is 12.5. The molecule has 2 N–H and O–H groups in total. The van der Waals surface area contributed by atoms with Crippen molar-refractivity contribution in [2.75, 3.05) is 6.54 Å². The molecule has 0 spiro atoms. The summed E-state index contributed by atoms with van der Waals surface area (Å²) in [6.45, 7) is 6.98. The van der Waals surface area contributed by atoms with Crippen molar-refractivity contribution in [3.63, 3.8) is 0 Å². The lowest BCUT2D eigenvalue weighted by Gasteiger charge is -2.25. The zero-order chi connectivity index (χ0) is 12.4. The van der Waals surface area contributed by atoms with Crippen LogP contribution in [-0.4, -0.2) is 12.5 Å². The van der Waals surface area contributed by atoms with Crippen molar-refractivity contribution in [1.29, 1.82) is 0 Å². The summed E-state index contributed by atoms with van der Waals surface area (Å²) in [5.74, 6) is 0.783. The number of aryl methyl sites for hydroxylation is 2. The molecule has 2 rings (SSSR count). The summed E-state index contributed by atoms with van der Waals surface area (Å²) >= 11 is 8.04. The molecule has 5 heteroatoms. The van der Waals surface area contributed by atoms with Crippen LogP contribution in [-0.2, 0) is 0 Å². The zero-order valence-electron chi connectivity index (χ0n) is 10.2. The van der Waals surface area contributed by atoms with Crippen LogP contribution in [0.5, 0.6) is 0 Å². The van der Waals surface area contributed by atoms with Crippen LogP contribution in [0.3, 0.4) is 0 Å². The van der Waals surface area contributed by atoms with Gasteiger partial charge in [0.05, 0.1) is 11.1 Å². The number of nitrogens with one attached hydrogen (secondary N) is 2. The first-order valence-electron chi connectivity index (χ1n) is 5.61. The lowest BCUT2D eigenvalue weighted by atomic mass is 10.1. The van der Waals surface area contributed by atoms with E-state index in [-0.39, 0.29) is 6.04 Å². The molecular weight excluding hydrogens is 254 g/mol.